The summed E-state index contributed by atoms with van der Waals surface area (Å²) >= 11 is 0. The van der Waals surface area contributed by atoms with Gasteiger partial charge >= 0.3 is 0 Å². The van der Waals surface area contributed by atoms with Crippen molar-refractivity contribution in [3.8, 4) is 0 Å². The quantitative estimate of drug-likeness (QED) is 0.856. The first kappa shape index (κ1) is 19.6. The zero-order valence-electron chi connectivity index (χ0n) is 14.2. The van der Waals surface area contributed by atoms with E-state index in [0.717, 1.165) is 17.2 Å². The van der Waals surface area contributed by atoms with E-state index >= 15 is 0 Å². The Bertz CT molecular complexity index is 519. The zero-order valence-corrected chi connectivity index (χ0v) is 15.0. The molecule has 6 nitrogen and oxygen atoms in total. The third-order valence-corrected chi connectivity index (χ3v) is 4.47. The van der Waals surface area contributed by atoms with E-state index in [-0.39, 0.29) is 30.9 Å². The molecule has 0 bridgehead atoms. The average molecular weight is 342 g/mol. The molecule has 1 unspecified atom stereocenters. The van der Waals surface area contributed by atoms with Crippen molar-refractivity contribution in [1.29, 1.82) is 0 Å². The second-order valence-electron chi connectivity index (χ2n) is 6.11. The largest absolute Gasteiger partial charge is 0.348 e. The second kappa shape index (κ2) is 9.03. The lowest BCUT2D eigenvalue weighted by Gasteiger charge is -2.31. The maximum Gasteiger partial charge on any atom is 0.234 e. The summed E-state index contributed by atoms with van der Waals surface area (Å²) in [6.07, 6.45) is 8.15. The minimum absolute atomic E-state index is 0. The van der Waals surface area contributed by atoms with Gasteiger partial charge in [-0.05, 0) is 26.7 Å². The topological polar surface area (TPSA) is 84.1 Å². The molecule has 130 valence electrons. The summed E-state index contributed by atoms with van der Waals surface area (Å²) in [4.78, 5) is 22.7. The first-order valence-corrected chi connectivity index (χ1v) is 8.08. The van der Waals surface area contributed by atoms with Gasteiger partial charge in [-0.15, -0.1) is 12.4 Å². The summed E-state index contributed by atoms with van der Waals surface area (Å²) in [6, 6.07) is 0.401. The lowest BCUT2D eigenvalue weighted by atomic mass is 9.95. The fraction of sp³-hybridized carbons (Fsp3) is 0.688. The van der Waals surface area contributed by atoms with Gasteiger partial charge in [0.2, 0.25) is 11.9 Å². The van der Waals surface area contributed by atoms with E-state index < -0.39 is 0 Å². The fourth-order valence-electron chi connectivity index (χ4n) is 3.07. The molecule has 1 aromatic rings. The van der Waals surface area contributed by atoms with E-state index in [1.54, 1.807) is 0 Å². The van der Waals surface area contributed by atoms with Crippen LogP contribution in [0, 0.1) is 6.92 Å². The predicted octanol–water partition coefficient (Wildman–Crippen LogP) is 2.11. The van der Waals surface area contributed by atoms with Crippen molar-refractivity contribution in [2.75, 3.05) is 18.5 Å². The lowest BCUT2D eigenvalue weighted by Crippen LogP contribution is -2.35. The molecule has 1 saturated carbocycles. The van der Waals surface area contributed by atoms with E-state index in [4.69, 9.17) is 5.73 Å². The number of nitrogens with zero attached hydrogens (tertiary/aromatic N) is 3. The summed E-state index contributed by atoms with van der Waals surface area (Å²) in [7, 11) is 2.07. The second-order valence-corrected chi connectivity index (χ2v) is 6.11. The van der Waals surface area contributed by atoms with E-state index in [1.165, 1.54) is 32.1 Å². The molecule has 1 heterocycles. The number of aryl methyl sites for hydroxylation is 1. The Hall–Kier alpha value is -1.40. The number of carbonyl (C=O) groups excluding carboxylic acids is 1. The van der Waals surface area contributed by atoms with Crippen LogP contribution in [0.3, 0.4) is 0 Å². The fourth-order valence-corrected chi connectivity index (χ4v) is 3.07. The third-order valence-electron chi connectivity index (χ3n) is 4.47. The highest BCUT2D eigenvalue weighted by molar-refractivity contribution is 5.85. The number of hydrogen-bond donors (Lipinski definition) is 2. The van der Waals surface area contributed by atoms with Crippen molar-refractivity contribution >= 4 is 24.3 Å². The summed E-state index contributed by atoms with van der Waals surface area (Å²) < 4.78 is 0. The van der Waals surface area contributed by atoms with Gasteiger partial charge in [0.25, 0.3) is 0 Å². The van der Waals surface area contributed by atoms with Crippen LogP contribution in [-0.2, 0) is 4.79 Å². The van der Waals surface area contributed by atoms with Crippen molar-refractivity contribution in [2.24, 2.45) is 5.73 Å². The van der Waals surface area contributed by atoms with Gasteiger partial charge in [-0.2, -0.15) is 0 Å². The highest BCUT2D eigenvalue weighted by Gasteiger charge is 2.21. The van der Waals surface area contributed by atoms with Gasteiger partial charge in [-0.1, -0.05) is 19.3 Å². The number of anilines is 1. The molecule has 0 spiro atoms. The molecule has 1 fully saturated rings. The van der Waals surface area contributed by atoms with Crippen molar-refractivity contribution in [2.45, 2.75) is 58.0 Å². The first-order valence-electron chi connectivity index (χ1n) is 8.08. The minimum atomic E-state index is -0.171. The van der Waals surface area contributed by atoms with Crippen molar-refractivity contribution in [3.05, 3.63) is 17.5 Å². The number of aromatic nitrogens is 2. The highest BCUT2D eigenvalue weighted by Crippen LogP contribution is 2.25. The Morgan fingerprint density at radius 2 is 2.09 bits per heavy atom. The monoisotopic (exact) mass is 341 g/mol. The summed E-state index contributed by atoms with van der Waals surface area (Å²) in [6.45, 7) is 3.87. The molecule has 2 rings (SSSR count). The molecule has 0 aliphatic heterocycles. The van der Waals surface area contributed by atoms with Crippen LogP contribution in [0.4, 0.5) is 5.95 Å². The normalized spacial score (nSPS) is 16.3. The van der Waals surface area contributed by atoms with Crippen LogP contribution in [0.25, 0.3) is 0 Å². The molecule has 0 saturated heterocycles. The third kappa shape index (κ3) is 5.04. The number of nitrogens with two attached hydrogens (primary N) is 1. The van der Waals surface area contributed by atoms with Gasteiger partial charge in [-0.3, -0.25) is 4.79 Å². The first-order chi connectivity index (χ1) is 10.5. The molecule has 23 heavy (non-hydrogen) atoms. The molecule has 1 atom stereocenters. The van der Waals surface area contributed by atoms with E-state index in [2.05, 4.69) is 27.2 Å². The van der Waals surface area contributed by atoms with Crippen LogP contribution < -0.4 is 16.0 Å². The van der Waals surface area contributed by atoms with Crippen LogP contribution in [0.5, 0.6) is 0 Å². The number of halogens is 1. The highest BCUT2D eigenvalue weighted by atomic mass is 35.5. The predicted molar refractivity (Wildman–Crippen MR) is 94.9 cm³/mol. The molecule has 7 heteroatoms. The minimum Gasteiger partial charge on any atom is -0.348 e. The van der Waals surface area contributed by atoms with E-state index in [1.807, 2.05) is 20.0 Å². The molecule has 0 aromatic carbocycles. The van der Waals surface area contributed by atoms with Crippen LogP contribution in [-0.4, -0.2) is 35.5 Å². The van der Waals surface area contributed by atoms with Gasteiger partial charge in [0.1, 0.15) is 0 Å². The molecule has 1 aromatic heterocycles. The summed E-state index contributed by atoms with van der Waals surface area (Å²) in [5, 5.41) is 2.84. The molecular weight excluding hydrogens is 314 g/mol. The van der Waals surface area contributed by atoms with Crippen LogP contribution in [0.15, 0.2) is 6.20 Å². The van der Waals surface area contributed by atoms with Crippen LogP contribution >= 0.6 is 12.4 Å². The number of rotatable bonds is 5. The summed E-state index contributed by atoms with van der Waals surface area (Å²) in [5.74, 6) is 0.598. The van der Waals surface area contributed by atoms with Gasteiger partial charge in [0.05, 0.1) is 12.6 Å². The number of carbonyl (C=O) groups is 1. The maximum absolute atomic E-state index is 11.4. The smallest absolute Gasteiger partial charge is 0.234 e. The SMILES string of the molecule is Cc1nc(N(C)C2CCCCC2)ncc1C(C)NC(=O)CN.Cl. The standard InChI is InChI=1S/C16H27N5O.ClH/c1-11(19-15(22)9-17)14-10-18-16(20-12(14)2)21(3)13-7-5-4-6-8-13;/h10-11,13H,4-9,17H2,1-3H3,(H,19,22);1H. The number of nitrogens with one attached hydrogen (secondary N) is 1. The van der Waals surface area contributed by atoms with Gasteiger partial charge in [0.15, 0.2) is 0 Å². The molecule has 1 aliphatic carbocycles. The van der Waals surface area contributed by atoms with Crippen molar-refractivity contribution in [3.63, 3.8) is 0 Å². The summed E-state index contributed by atoms with van der Waals surface area (Å²) in [5.41, 5.74) is 7.17. The Labute approximate surface area is 144 Å². The molecule has 1 amide bonds. The molecular formula is C16H28ClN5O. The van der Waals surface area contributed by atoms with Crippen LogP contribution in [0.2, 0.25) is 0 Å². The maximum atomic E-state index is 11.4. The Kier molecular flexibility index (Phi) is 7.72. The lowest BCUT2D eigenvalue weighted by molar-refractivity contribution is -0.120. The van der Waals surface area contributed by atoms with Crippen molar-refractivity contribution in [1.82, 2.24) is 15.3 Å². The van der Waals surface area contributed by atoms with E-state index in [9.17, 15) is 4.79 Å². The van der Waals surface area contributed by atoms with Crippen molar-refractivity contribution < 1.29 is 4.79 Å². The molecule has 0 radical (unpaired) electrons. The Morgan fingerprint density at radius 1 is 1.43 bits per heavy atom. The van der Waals surface area contributed by atoms with E-state index in [0.29, 0.717) is 6.04 Å². The van der Waals surface area contributed by atoms with Gasteiger partial charge in [0, 0.05) is 30.5 Å². The number of hydrogen-bond acceptors (Lipinski definition) is 5. The Balaban J connectivity index is 0.00000264. The average Bonchev–Trinajstić information content (AvgIpc) is 2.54. The number of amides is 1. The molecule has 1 aliphatic rings. The molecule has 3 N–H and O–H groups in total. The zero-order chi connectivity index (χ0) is 16.1. The van der Waals surface area contributed by atoms with Crippen LogP contribution in [0.1, 0.15) is 56.3 Å². The Morgan fingerprint density at radius 3 is 2.65 bits per heavy atom. The van der Waals surface area contributed by atoms with Gasteiger partial charge in [-0.25, -0.2) is 9.97 Å². The van der Waals surface area contributed by atoms with Gasteiger partial charge < -0.3 is 16.0 Å².